The Hall–Kier alpha value is -3.16. The summed E-state index contributed by atoms with van der Waals surface area (Å²) in [6, 6.07) is 2.89. The van der Waals surface area contributed by atoms with Gasteiger partial charge in [-0.2, -0.15) is 0 Å². The first kappa shape index (κ1) is 17.3. The molecule has 0 spiro atoms. The van der Waals surface area contributed by atoms with Crippen LogP contribution in [-0.2, 0) is 0 Å². The standard InChI is InChI=1S/C19H17F2N5O/c20-14-9-13(10-15(21)11-14)19(27)26-7-1-12(2-8-26)16-17(23-4-3-22-16)18-24-5-6-25-18/h3-6,9-12H,1-2,7-8H2,(H,24,25). The number of imidazole rings is 1. The van der Waals surface area contributed by atoms with E-state index in [1.807, 2.05) is 0 Å². The Morgan fingerprint density at radius 1 is 1.00 bits per heavy atom. The van der Waals surface area contributed by atoms with Crippen molar-refractivity contribution in [1.29, 1.82) is 0 Å². The van der Waals surface area contributed by atoms with Gasteiger partial charge in [0, 0.05) is 55.4 Å². The number of carbonyl (C=O) groups excluding carboxylic acids is 1. The van der Waals surface area contributed by atoms with Crippen molar-refractivity contribution in [3.05, 3.63) is 65.9 Å². The predicted molar refractivity (Wildman–Crippen MR) is 93.9 cm³/mol. The van der Waals surface area contributed by atoms with Crippen LogP contribution in [0.5, 0.6) is 0 Å². The number of hydrogen-bond acceptors (Lipinski definition) is 4. The molecule has 0 unspecified atom stereocenters. The van der Waals surface area contributed by atoms with Gasteiger partial charge < -0.3 is 9.88 Å². The molecule has 1 fully saturated rings. The van der Waals surface area contributed by atoms with Crippen LogP contribution < -0.4 is 0 Å². The maximum absolute atomic E-state index is 13.4. The maximum Gasteiger partial charge on any atom is 0.254 e. The second kappa shape index (κ2) is 7.22. The molecule has 0 radical (unpaired) electrons. The Bertz CT molecular complexity index is 932. The van der Waals surface area contributed by atoms with Gasteiger partial charge in [-0.25, -0.2) is 18.7 Å². The van der Waals surface area contributed by atoms with Crippen molar-refractivity contribution in [1.82, 2.24) is 24.8 Å². The lowest BCUT2D eigenvalue weighted by Gasteiger charge is -2.32. The Labute approximate surface area is 154 Å². The molecule has 8 heteroatoms. The molecule has 0 saturated carbocycles. The van der Waals surface area contributed by atoms with E-state index in [2.05, 4.69) is 19.9 Å². The van der Waals surface area contributed by atoms with E-state index < -0.39 is 11.6 Å². The van der Waals surface area contributed by atoms with E-state index in [1.54, 1.807) is 29.7 Å². The highest BCUT2D eigenvalue weighted by Crippen LogP contribution is 2.31. The van der Waals surface area contributed by atoms with Gasteiger partial charge in [0.25, 0.3) is 5.91 Å². The van der Waals surface area contributed by atoms with E-state index in [9.17, 15) is 13.6 Å². The minimum atomic E-state index is -0.754. The van der Waals surface area contributed by atoms with Gasteiger partial charge in [0.1, 0.15) is 17.3 Å². The number of aromatic amines is 1. The molecular weight excluding hydrogens is 352 g/mol. The number of nitrogens with zero attached hydrogens (tertiary/aromatic N) is 4. The number of halogens is 2. The molecule has 1 N–H and O–H groups in total. The molecule has 3 aromatic rings. The second-order valence-electron chi connectivity index (χ2n) is 6.45. The first-order chi connectivity index (χ1) is 13.1. The van der Waals surface area contributed by atoms with Crippen molar-refractivity contribution in [3.8, 4) is 11.5 Å². The number of nitrogens with one attached hydrogen (secondary N) is 1. The highest BCUT2D eigenvalue weighted by atomic mass is 19.1. The number of rotatable bonds is 3. The molecule has 0 atom stereocenters. The summed E-state index contributed by atoms with van der Waals surface area (Å²) in [5, 5.41) is 0. The van der Waals surface area contributed by atoms with E-state index in [0.717, 1.165) is 23.9 Å². The molecule has 1 aliphatic rings. The summed E-state index contributed by atoms with van der Waals surface area (Å²) in [6.07, 6.45) is 8.04. The highest BCUT2D eigenvalue weighted by molar-refractivity contribution is 5.94. The normalized spacial score (nSPS) is 15.1. The maximum atomic E-state index is 13.4. The van der Waals surface area contributed by atoms with Gasteiger partial charge in [-0.3, -0.25) is 9.78 Å². The van der Waals surface area contributed by atoms with Crippen molar-refractivity contribution in [2.45, 2.75) is 18.8 Å². The van der Waals surface area contributed by atoms with E-state index in [4.69, 9.17) is 0 Å². The summed E-state index contributed by atoms with van der Waals surface area (Å²) in [7, 11) is 0. The van der Waals surface area contributed by atoms with Crippen LogP contribution in [0.2, 0.25) is 0 Å². The summed E-state index contributed by atoms with van der Waals surface area (Å²) >= 11 is 0. The molecule has 2 aromatic heterocycles. The fourth-order valence-corrected chi connectivity index (χ4v) is 3.44. The zero-order valence-corrected chi connectivity index (χ0v) is 14.4. The van der Waals surface area contributed by atoms with Crippen LogP contribution >= 0.6 is 0 Å². The Balaban J connectivity index is 1.49. The first-order valence-corrected chi connectivity index (χ1v) is 8.68. The summed E-state index contributed by atoms with van der Waals surface area (Å²) < 4.78 is 26.8. The van der Waals surface area contributed by atoms with Crippen LogP contribution in [0, 0.1) is 11.6 Å². The molecule has 27 heavy (non-hydrogen) atoms. The van der Waals surface area contributed by atoms with Crippen LogP contribution in [0.15, 0.2) is 43.0 Å². The number of benzene rings is 1. The number of amides is 1. The lowest BCUT2D eigenvalue weighted by molar-refractivity contribution is 0.0711. The van der Waals surface area contributed by atoms with Crippen LogP contribution in [0.25, 0.3) is 11.5 Å². The van der Waals surface area contributed by atoms with Crippen LogP contribution in [-0.4, -0.2) is 43.8 Å². The van der Waals surface area contributed by atoms with Crippen LogP contribution in [0.1, 0.15) is 34.8 Å². The van der Waals surface area contributed by atoms with Gasteiger partial charge >= 0.3 is 0 Å². The topological polar surface area (TPSA) is 74.8 Å². The Morgan fingerprint density at radius 2 is 1.70 bits per heavy atom. The Morgan fingerprint density at radius 3 is 2.37 bits per heavy atom. The molecule has 0 aliphatic carbocycles. The zero-order valence-electron chi connectivity index (χ0n) is 14.4. The third kappa shape index (κ3) is 3.55. The lowest BCUT2D eigenvalue weighted by Crippen LogP contribution is -2.38. The summed E-state index contributed by atoms with van der Waals surface area (Å²) in [4.78, 5) is 30.3. The number of likely N-dealkylation sites (tertiary alicyclic amines) is 1. The Kier molecular flexibility index (Phi) is 4.62. The molecule has 1 amide bonds. The molecule has 1 aromatic carbocycles. The van der Waals surface area contributed by atoms with Crippen molar-refractivity contribution < 1.29 is 13.6 Å². The number of piperidine rings is 1. The van der Waals surface area contributed by atoms with Gasteiger partial charge in [0.05, 0.1) is 5.69 Å². The first-order valence-electron chi connectivity index (χ1n) is 8.68. The van der Waals surface area contributed by atoms with Crippen molar-refractivity contribution in [2.75, 3.05) is 13.1 Å². The van der Waals surface area contributed by atoms with Gasteiger partial charge in [0.15, 0.2) is 5.82 Å². The van der Waals surface area contributed by atoms with Crippen molar-refractivity contribution >= 4 is 5.91 Å². The number of hydrogen-bond donors (Lipinski definition) is 1. The SMILES string of the molecule is O=C(c1cc(F)cc(F)c1)N1CCC(c2nccnc2-c2ncc[nH]2)CC1. The molecule has 4 rings (SSSR count). The van der Waals surface area contributed by atoms with Gasteiger partial charge in [-0.1, -0.05) is 0 Å². The van der Waals surface area contributed by atoms with Gasteiger partial charge in [0.2, 0.25) is 0 Å². The van der Waals surface area contributed by atoms with E-state index >= 15 is 0 Å². The molecular formula is C19H17F2N5O. The van der Waals surface area contributed by atoms with E-state index in [0.29, 0.717) is 37.4 Å². The summed E-state index contributed by atoms with van der Waals surface area (Å²) in [5.74, 6) is -1.08. The minimum Gasteiger partial charge on any atom is -0.343 e. The monoisotopic (exact) mass is 369 g/mol. The van der Waals surface area contributed by atoms with E-state index in [1.165, 1.54) is 0 Å². The number of aromatic nitrogens is 4. The molecule has 138 valence electrons. The zero-order chi connectivity index (χ0) is 18.8. The lowest BCUT2D eigenvalue weighted by atomic mass is 9.91. The summed E-state index contributed by atoms with van der Waals surface area (Å²) in [6.45, 7) is 0.964. The fraction of sp³-hybridized carbons (Fsp3) is 0.263. The van der Waals surface area contributed by atoms with Gasteiger partial charge in [-0.05, 0) is 25.0 Å². The third-order valence-corrected chi connectivity index (χ3v) is 4.73. The second-order valence-corrected chi connectivity index (χ2v) is 6.45. The predicted octanol–water partition coefficient (Wildman–Crippen LogP) is 3.16. The van der Waals surface area contributed by atoms with Gasteiger partial charge in [-0.15, -0.1) is 0 Å². The number of carbonyl (C=O) groups is 1. The molecule has 0 bridgehead atoms. The molecule has 1 aliphatic heterocycles. The molecule has 1 saturated heterocycles. The third-order valence-electron chi connectivity index (χ3n) is 4.73. The van der Waals surface area contributed by atoms with E-state index in [-0.39, 0.29) is 17.4 Å². The molecule has 6 nitrogen and oxygen atoms in total. The largest absolute Gasteiger partial charge is 0.343 e. The average molecular weight is 369 g/mol. The quantitative estimate of drug-likeness (QED) is 0.770. The van der Waals surface area contributed by atoms with Crippen molar-refractivity contribution in [3.63, 3.8) is 0 Å². The number of H-pyrrole nitrogens is 1. The highest BCUT2D eigenvalue weighted by Gasteiger charge is 2.28. The molecule has 3 heterocycles. The minimum absolute atomic E-state index is 0.0294. The summed E-state index contributed by atoms with van der Waals surface area (Å²) in [5.41, 5.74) is 1.58. The fourth-order valence-electron chi connectivity index (χ4n) is 3.44. The van der Waals surface area contributed by atoms with Crippen LogP contribution in [0.3, 0.4) is 0 Å². The van der Waals surface area contributed by atoms with Crippen LogP contribution in [0.4, 0.5) is 8.78 Å². The average Bonchev–Trinajstić information content (AvgIpc) is 3.21. The van der Waals surface area contributed by atoms with Crippen molar-refractivity contribution in [2.24, 2.45) is 0 Å². The smallest absolute Gasteiger partial charge is 0.254 e.